The summed E-state index contributed by atoms with van der Waals surface area (Å²) in [6.45, 7) is 19.2. The van der Waals surface area contributed by atoms with Gasteiger partial charge in [-0.05, 0) is 108 Å². The summed E-state index contributed by atoms with van der Waals surface area (Å²) in [4.78, 5) is 35.0. The van der Waals surface area contributed by atoms with Crippen LogP contribution in [0.3, 0.4) is 0 Å². The van der Waals surface area contributed by atoms with Crippen molar-refractivity contribution < 1.29 is 78.9 Å². The molecule has 2 heterocycles. The van der Waals surface area contributed by atoms with Crippen LogP contribution in [0.4, 0.5) is 26.3 Å². The molecule has 4 aromatic carbocycles. The Kier molecular flexibility index (Phi) is 23.0. The van der Waals surface area contributed by atoms with Crippen molar-refractivity contribution in [3.05, 3.63) is 132 Å². The molecule has 1 atom stereocenters. The number of rotatable bonds is 9. The number of esters is 1. The third kappa shape index (κ3) is 19.7. The molecule has 0 saturated carbocycles. The Morgan fingerprint density at radius 1 is 0.681 bits per heavy atom. The minimum Gasteiger partial charge on any atom is -0.658 e. The Hall–Kier alpha value is -4.57. The number of aryl methyl sites for hydroxylation is 2. The summed E-state index contributed by atoms with van der Waals surface area (Å²) in [7, 11) is 3.17. The van der Waals surface area contributed by atoms with E-state index in [-0.39, 0.29) is 57.2 Å². The maximum atomic E-state index is 12.6. The number of benzene rings is 4. The Balaban J connectivity index is 0.000000373. The van der Waals surface area contributed by atoms with E-state index in [0.29, 0.717) is 67.2 Å². The van der Waals surface area contributed by atoms with E-state index in [9.17, 15) is 45.8 Å². The number of nitrogens with one attached hydrogen (secondary N) is 1. The van der Waals surface area contributed by atoms with Gasteiger partial charge in [0, 0.05) is 58.1 Å². The van der Waals surface area contributed by atoms with Gasteiger partial charge in [0.1, 0.15) is 23.2 Å². The van der Waals surface area contributed by atoms with Crippen LogP contribution in [0.2, 0.25) is 20.1 Å². The zero-order valence-electron chi connectivity index (χ0n) is 41.8. The minimum atomic E-state index is -4.83. The Morgan fingerprint density at radius 3 is 1.60 bits per heavy atom. The van der Waals surface area contributed by atoms with Crippen LogP contribution in [0, 0.1) is 0 Å². The standard InChI is InChI=1S/C22H20Cl2F3NO4.C11H13Cl2NO.C11H8F3NO2.C6H14N.Li/c1-21(2,3)32-20(30)13-7-8-14(23)17(18(13)24)19(29)16-9-11-5-6-12(31-22(25,26)27)10-15(11)28(16)4;1-11(2,3)14-10(15)8-5-4-7(12)6-9(8)13;1-15-8(6-16)4-7-2-3-9(5-10(7)15)17-11(12,13)14;1-5(2)7-6(3)4;/h5-10,19,29H,1-4H3;4-6H,1-3H3,(H,14,15);2-6H,1H3;5-6H,1-4H3;/q;;;-1;+1. The molecule has 2 N–H and O–H groups in total. The molecule has 72 heavy (non-hydrogen) atoms. The van der Waals surface area contributed by atoms with E-state index in [1.165, 1.54) is 57.7 Å². The summed E-state index contributed by atoms with van der Waals surface area (Å²) < 4.78 is 89.9. The summed E-state index contributed by atoms with van der Waals surface area (Å²) in [5.74, 6) is -1.57. The molecule has 388 valence electrons. The normalized spacial score (nSPS) is 12.1. The first-order valence-electron chi connectivity index (χ1n) is 21.5. The molecule has 0 saturated heterocycles. The topological polar surface area (TPSA) is 135 Å². The van der Waals surface area contributed by atoms with E-state index in [1.54, 1.807) is 65.2 Å². The zero-order valence-corrected chi connectivity index (χ0v) is 44.9. The van der Waals surface area contributed by atoms with E-state index in [4.69, 9.17) is 51.1 Å². The zero-order chi connectivity index (χ0) is 54.1. The number of carbonyl (C=O) groups is 3. The van der Waals surface area contributed by atoms with Crippen molar-refractivity contribution in [1.29, 1.82) is 0 Å². The smallest absolute Gasteiger partial charge is 0.658 e. The van der Waals surface area contributed by atoms with Crippen molar-refractivity contribution in [2.75, 3.05) is 0 Å². The Morgan fingerprint density at radius 2 is 1.17 bits per heavy atom. The van der Waals surface area contributed by atoms with E-state index in [1.807, 2.05) is 20.8 Å². The van der Waals surface area contributed by atoms with E-state index < -0.39 is 36.1 Å². The number of halogens is 10. The van der Waals surface area contributed by atoms with Crippen molar-refractivity contribution in [2.24, 2.45) is 14.1 Å². The van der Waals surface area contributed by atoms with Gasteiger partial charge in [-0.15, -0.1) is 38.4 Å². The summed E-state index contributed by atoms with van der Waals surface area (Å²) in [5, 5.41) is 20.3. The van der Waals surface area contributed by atoms with Gasteiger partial charge in [-0.2, -0.15) is 0 Å². The first-order valence-corrected chi connectivity index (χ1v) is 23.0. The number of fused-ring (bicyclic) bond motifs is 2. The van der Waals surface area contributed by atoms with E-state index in [2.05, 4.69) is 47.8 Å². The van der Waals surface area contributed by atoms with E-state index in [0.717, 1.165) is 0 Å². The first kappa shape index (κ1) is 63.5. The quantitative estimate of drug-likeness (QED) is 0.0637. The van der Waals surface area contributed by atoms with Gasteiger partial charge in [-0.25, -0.2) is 4.79 Å². The fourth-order valence-corrected chi connectivity index (χ4v) is 7.72. The van der Waals surface area contributed by atoms with E-state index >= 15 is 0 Å². The molecule has 6 aromatic rings. The Labute approximate surface area is 446 Å². The van der Waals surface area contributed by atoms with Gasteiger partial charge in [-0.1, -0.05) is 74.1 Å². The van der Waals surface area contributed by atoms with Gasteiger partial charge in [0.05, 0.1) is 43.6 Å². The predicted molar refractivity (Wildman–Crippen MR) is 268 cm³/mol. The van der Waals surface area contributed by atoms with Crippen LogP contribution < -0.4 is 33.7 Å². The fraction of sp³-hybridized carbons (Fsp3) is 0.380. The summed E-state index contributed by atoms with van der Waals surface area (Å²) >= 11 is 24.4. The molecular weight excluding hydrogens is 1030 g/mol. The number of ether oxygens (including phenoxy) is 3. The molecule has 0 spiro atoms. The number of nitrogens with zero attached hydrogens (tertiary/aromatic N) is 3. The molecule has 1 amide bonds. The molecule has 0 fully saturated rings. The van der Waals surface area contributed by atoms with Crippen LogP contribution >= 0.6 is 46.4 Å². The monoisotopic (exact) mass is 1080 g/mol. The second kappa shape index (κ2) is 26.1. The first-order chi connectivity index (χ1) is 32.5. The van der Waals surface area contributed by atoms with Crippen LogP contribution in [-0.2, 0) is 18.8 Å². The van der Waals surface area contributed by atoms with Gasteiger partial charge in [0.15, 0.2) is 6.29 Å². The average molecular weight is 1090 g/mol. The van der Waals surface area contributed by atoms with Crippen molar-refractivity contribution >= 4 is 86.4 Å². The minimum absolute atomic E-state index is 0. The van der Waals surface area contributed by atoms with Gasteiger partial charge < -0.3 is 39.1 Å². The summed E-state index contributed by atoms with van der Waals surface area (Å²) in [5.41, 5.74) is 1.10. The molecule has 0 aliphatic carbocycles. The number of aromatic nitrogens is 2. The van der Waals surface area contributed by atoms with Crippen LogP contribution in [0.1, 0.15) is 118 Å². The molecule has 0 aliphatic heterocycles. The van der Waals surface area contributed by atoms with Crippen molar-refractivity contribution in [1.82, 2.24) is 14.5 Å². The van der Waals surface area contributed by atoms with Crippen molar-refractivity contribution in [2.45, 2.75) is 111 Å². The second-order valence-electron chi connectivity index (χ2n) is 18.3. The number of hydrogen-bond acceptors (Lipinski definition) is 7. The number of amides is 1. The maximum absolute atomic E-state index is 12.6. The molecule has 0 aliphatic rings. The predicted octanol–water partition coefficient (Wildman–Crippen LogP) is 12.0. The summed E-state index contributed by atoms with van der Waals surface area (Å²) in [6, 6.07) is 19.6. The number of aliphatic hydroxyl groups excluding tert-OH is 1. The molecule has 2 aromatic heterocycles. The molecule has 11 nitrogen and oxygen atoms in total. The van der Waals surface area contributed by atoms with Gasteiger partial charge >= 0.3 is 37.6 Å². The molecular formula is C50H55Cl4F6LiN4O7. The Bertz CT molecular complexity index is 2810. The number of alkyl halides is 6. The second-order valence-corrected chi connectivity index (χ2v) is 19.9. The number of aliphatic hydroxyl groups is 1. The van der Waals surface area contributed by atoms with Crippen LogP contribution in [0.5, 0.6) is 11.5 Å². The van der Waals surface area contributed by atoms with Gasteiger partial charge in [0.2, 0.25) is 0 Å². The molecule has 22 heteroatoms. The van der Waals surface area contributed by atoms with Crippen LogP contribution in [0.15, 0.2) is 78.9 Å². The van der Waals surface area contributed by atoms with Crippen LogP contribution in [0.25, 0.3) is 27.1 Å². The third-order valence-corrected chi connectivity index (χ3v) is 10.5. The molecule has 0 bridgehead atoms. The van der Waals surface area contributed by atoms with Crippen molar-refractivity contribution in [3.63, 3.8) is 0 Å². The molecule has 0 radical (unpaired) electrons. The number of carbonyl (C=O) groups excluding carboxylic acids is 3. The SMILES string of the molecule is CC(C)(C)NC(=O)c1ccc(Cl)cc1Cl.CC(C)[N-]C(C)C.Cn1c(C(O)c2c(Cl)ccc(C(=O)OC(C)(C)C)c2Cl)cc2ccc(OC(F)(F)F)cc21.Cn1c(C=O)cc2ccc(OC(F)(F)F)cc21.[Li+]. The maximum Gasteiger partial charge on any atom is 1.00 e. The molecule has 6 rings (SSSR count). The molecule has 1 unspecified atom stereocenters. The summed E-state index contributed by atoms with van der Waals surface area (Å²) in [6.07, 6.45) is -10.3. The van der Waals surface area contributed by atoms with Gasteiger partial charge in [0.25, 0.3) is 5.91 Å². The van der Waals surface area contributed by atoms with Crippen molar-refractivity contribution in [3.8, 4) is 11.5 Å². The average Bonchev–Trinajstić information content (AvgIpc) is 3.70. The van der Waals surface area contributed by atoms with Gasteiger partial charge in [-0.3, -0.25) is 9.59 Å². The third-order valence-electron chi connectivity index (χ3n) is 9.26. The number of hydrogen-bond donors (Lipinski definition) is 2. The van der Waals surface area contributed by atoms with Crippen LogP contribution in [-0.4, -0.2) is 68.4 Å². The number of aldehydes is 1. The fourth-order valence-electron chi connectivity index (χ4n) is 6.57. The largest absolute Gasteiger partial charge is 1.00 e.